The quantitative estimate of drug-likeness (QED) is 0.417. The molecular weight excluding hydrogens is 190 g/mol. The number of hydrogen-bond donors (Lipinski definition) is 1. The molecule has 0 aliphatic rings. The monoisotopic (exact) mass is 216 g/mol. The Hall–Kier alpha value is -0.760. The number of thiol groups is 1. The van der Waals surface area contributed by atoms with E-state index in [4.69, 9.17) is 1.37 Å². The molecule has 1 aromatic rings. The van der Waals surface area contributed by atoms with Gasteiger partial charge in [0.05, 0.1) is 0 Å². The Balaban J connectivity index is -0.000000176. The number of pyridine rings is 1. The minimum Gasteiger partial charge on any atom is -0.205 e. The van der Waals surface area contributed by atoms with Crippen molar-refractivity contribution in [3.05, 3.63) is 43.2 Å². The molecule has 0 N–H and O–H groups in total. The molecule has 0 fully saturated rings. The van der Waals surface area contributed by atoms with Gasteiger partial charge in [-0.2, -0.15) is 12.6 Å². The van der Waals surface area contributed by atoms with Gasteiger partial charge in [-0.3, -0.25) is 0 Å². The zero-order valence-electron chi connectivity index (χ0n) is 10.8. The average molecular weight is 216 g/mol. The predicted octanol–water partition coefficient (Wildman–Crippen LogP) is 3.37. The number of nitrogens with zero attached hydrogens (tertiary/aromatic N) is 1. The van der Waals surface area contributed by atoms with Gasteiger partial charge in [0.2, 0.25) is 0 Å². The lowest BCUT2D eigenvalue weighted by Gasteiger charge is -1.84. The fourth-order valence-corrected chi connectivity index (χ4v) is 0.645. The van der Waals surface area contributed by atoms with Crippen LogP contribution in [0.2, 0.25) is 0 Å². The second-order valence-corrected chi connectivity index (χ2v) is 2.11. The maximum absolute atomic E-state index is 5.75. The van der Waals surface area contributed by atoms with E-state index in [2.05, 4.69) is 43.1 Å². The third kappa shape index (κ3) is 13.8. The first-order valence-corrected chi connectivity index (χ1v) is 5.20. The van der Waals surface area contributed by atoms with E-state index in [1.807, 2.05) is 25.1 Å². The van der Waals surface area contributed by atoms with Crippen LogP contribution in [0.4, 0.5) is 0 Å². The van der Waals surface area contributed by atoms with Gasteiger partial charge in [0.15, 0.2) is 12.4 Å². The highest BCUT2D eigenvalue weighted by molar-refractivity contribution is 7.79. The van der Waals surface area contributed by atoms with Crippen molar-refractivity contribution in [1.29, 1.82) is 0 Å². The van der Waals surface area contributed by atoms with E-state index in [-0.39, 0.29) is 0 Å². The Morgan fingerprint density at radius 2 is 1.71 bits per heavy atom. The summed E-state index contributed by atoms with van der Waals surface area (Å²) in [5.74, 6) is 0. The normalized spacial score (nSPS) is 7.07. The zero-order valence-corrected chi connectivity index (χ0v) is 10.7. The number of aryl methyl sites for hydroxylation is 1. The van der Waals surface area contributed by atoms with Crippen LogP contribution in [0.25, 0.3) is 0 Å². The van der Waals surface area contributed by atoms with Gasteiger partial charge in [0, 0.05) is 13.5 Å². The Bertz CT molecular complexity index is 190. The smallest absolute Gasteiger partial charge is 0.168 e. The van der Waals surface area contributed by atoms with Gasteiger partial charge in [-0.1, -0.05) is 19.5 Å². The Kier molecular flexibility index (Phi) is 20.3. The summed E-state index contributed by atoms with van der Waals surface area (Å²) in [6.07, 6.45) is 7.56. The largest absolute Gasteiger partial charge is 0.205 e. The van der Waals surface area contributed by atoms with E-state index in [0.717, 1.165) is 6.54 Å². The third-order valence-corrected chi connectivity index (χ3v) is 1.14. The third-order valence-electron chi connectivity index (χ3n) is 1.14. The molecule has 0 aromatic carbocycles. The first-order valence-electron chi connectivity index (χ1n) is 5.31. The Morgan fingerprint density at radius 3 is 1.93 bits per heavy atom. The Labute approximate surface area is 96.3 Å². The summed E-state index contributed by atoms with van der Waals surface area (Å²) in [6, 6.07) is 6.08. The van der Waals surface area contributed by atoms with Crippen LogP contribution in [0.1, 0.15) is 22.6 Å². The summed E-state index contributed by atoms with van der Waals surface area (Å²) in [5.41, 5.74) is 0. The molecule has 0 radical (unpaired) electrons. The minimum absolute atomic E-state index is 1.06. The first-order chi connectivity index (χ1) is 7.35. The van der Waals surface area contributed by atoms with Gasteiger partial charge >= 0.3 is 0 Å². The van der Waals surface area contributed by atoms with Crippen molar-refractivity contribution < 1.29 is 5.94 Å². The highest BCUT2D eigenvalue weighted by atomic mass is 32.1. The lowest BCUT2D eigenvalue weighted by molar-refractivity contribution is -0.693. The molecule has 1 nitrogen and oxygen atoms in total. The highest BCUT2D eigenvalue weighted by Gasteiger charge is 1.86. The molecule has 82 valence electrons. The van der Waals surface area contributed by atoms with E-state index in [1.54, 1.807) is 12.3 Å². The average Bonchev–Trinajstić information content (AvgIpc) is 2.36. The maximum atomic E-state index is 5.75. The van der Waals surface area contributed by atoms with Crippen LogP contribution in [0.3, 0.4) is 0 Å². The SMILES string of the molecule is C=CC.CC[n+]1ccccc1.CS.[3H]C. The van der Waals surface area contributed by atoms with Crippen LogP contribution in [-0.2, 0) is 6.54 Å². The van der Waals surface area contributed by atoms with E-state index >= 15 is 0 Å². The fraction of sp³-hybridized carbons (Fsp3) is 0.417. The van der Waals surface area contributed by atoms with Crippen molar-refractivity contribution in [3.63, 3.8) is 0 Å². The van der Waals surface area contributed by atoms with Crippen molar-refractivity contribution in [1.82, 2.24) is 0 Å². The molecule has 0 amide bonds. The molecule has 0 saturated carbocycles. The summed E-state index contributed by atoms with van der Waals surface area (Å²) < 4.78 is 7.88. The zero-order chi connectivity index (χ0) is 12.5. The summed E-state index contributed by atoms with van der Waals surface area (Å²) in [4.78, 5) is 0. The van der Waals surface area contributed by atoms with Gasteiger partial charge in [0.25, 0.3) is 0 Å². The molecule has 14 heavy (non-hydrogen) atoms. The fourth-order valence-electron chi connectivity index (χ4n) is 0.645. The maximum Gasteiger partial charge on any atom is 0.168 e. The van der Waals surface area contributed by atoms with Crippen molar-refractivity contribution in [3.8, 4) is 0 Å². The van der Waals surface area contributed by atoms with E-state index in [1.165, 1.54) is 7.40 Å². The molecule has 2 heteroatoms. The molecule has 1 aromatic heterocycles. The second kappa shape index (κ2) is 18.1. The lowest BCUT2D eigenvalue weighted by Crippen LogP contribution is -2.30. The second-order valence-electron chi connectivity index (χ2n) is 2.11. The molecule has 0 spiro atoms. The van der Waals surface area contributed by atoms with Crippen LogP contribution >= 0.6 is 12.6 Å². The number of hydrogen-bond acceptors (Lipinski definition) is 1. The van der Waals surface area contributed by atoms with Gasteiger partial charge < -0.3 is 0 Å². The van der Waals surface area contributed by atoms with Crippen LogP contribution in [-0.4, -0.2) is 6.26 Å². The molecule has 0 aliphatic heterocycles. The molecule has 0 saturated heterocycles. The molecule has 1 heterocycles. The number of aromatic nitrogens is 1. The standard InChI is InChI=1S/C7H10N.C3H6.CH4S.CH4/c1-2-8-6-4-3-5-7-8;1-3-2;1-2;/h3-7H,2H2,1H3;3H,1H2,2H3;2H,1H3;1H4/q+1;;;/i;;;1T. The summed E-state index contributed by atoms with van der Waals surface area (Å²) in [6.45, 7) is 8.43. The van der Waals surface area contributed by atoms with Crippen molar-refractivity contribution in [2.75, 3.05) is 6.26 Å². The molecule has 0 atom stereocenters. The summed E-state index contributed by atoms with van der Waals surface area (Å²) in [7, 11) is 1.25. The van der Waals surface area contributed by atoms with Gasteiger partial charge in [0.1, 0.15) is 6.54 Å². The minimum atomic E-state index is 1.06. The van der Waals surface area contributed by atoms with Gasteiger partial charge in [-0.15, -0.1) is 6.58 Å². The van der Waals surface area contributed by atoms with Crippen LogP contribution < -0.4 is 4.57 Å². The highest BCUT2D eigenvalue weighted by Crippen LogP contribution is 1.74. The summed E-state index contributed by atoms with van der Waals surface area (Å²) >= 11 is 3.53. The molecular formula is C12H24NS+. The predicted molar refractivity (Wildman–Crippen MR) is 69.8 cm³/mol. The Morgan fingerprint density at radius 1 is 1.36 bits per heavy atom. The first kappa shape index (κ1) is 15.7. The molecule has 0 aliphatic carbocycles. The number of rotatable bonds is 1. The van der Waals surface area contributed by atoms with Crippen LogP contribution in [0.15, 0.2) is 43.2 Å². The van der Waals surface area contributed by atoms with E-state index in [0.29, 0.717) is 0 Å². The molecule has 1 rings (SSSR count). The molecule has 0 unspecified atom stereocenters. The van der Waals surface area contributed by atoms with Gasteiger partial charge in [-0.25, -0.2) is 4.57 Å². The van der Waals surface area contributed by atoms with E-state index < -0.39 is 0 Å². The van der Waals surface area contributed by atoms with Gasteiger partial charge in [-0.05, 0) is 20.1 Å². The van der Waals surface area contributed by atoms with E-state index in [9.17, 15) is 0 Å². The summed E-state index contributed by atoms with van der Waals surface area (Å²) in [5, 5.41) is 0. The molecule has 0 bridgehead atoms. The topological polar surface area (TPSA) is 3.88 Å². The lowest BCUT2D eigenvalue weighted by atomic mass is 10.5. The van der Waals surface area contributed by atoms with Crippen LogP contribution in [0, 0.1) is 0 Å². The number of allylic oxidation sites excluding steroid dienone is 1. The van der Waals surface area contributed by atoms with Crippen molar-refractivity contribution in [2.45, 2.75) is 27.8 Å². The van der Waals surface area contributed by atoms with Crippen molar-refractivity contribution >= 4 is 12.6 Å². The van der Waals surface area contributed by atoms with Crippen molar-refractivity contribution in [2.24, 2.45) is 0 Å². The van der Waals surface area contributed by atoms with Crippen LogP contribution in [0.5, 0.6) is 0 Å².